The Labute approximate surface area is 211 Å². The number of anilines is 1. The maximum Gasteiger partial charge on any atom is 0.339 e. The molecule has 0 aliphatic rings. The van der Waals surface area contributed by atoms with E-state index < -0.39 is 21.8 Å². The van der Waals surface area contributed by atoms with Crippen LogP contribution in [0.5, 0.6) is 11.5 Å². The van der Waals surface area contributed by atoms with Crippen molar-refractivity contribution in [3.63, 3.8) is 0 Å². The lowest BCUT2D eigenvalue weighted by atomic mass is 10.1. The highest BCUT2D eigenvalue weighted by Gasteiger charge is 2.22. The minimum Gasteiger partial charge on any atom is -0.490 e. The number of hydrogen-bond acceptors (Lipinski definition) is 6. The van der Waals surface area contributed by atoms with Gasteiger partial charge in [0, 0.05) is 0 Å². The van der Waals surface area contributed by atoms with Crippen LogP contribution in [0.25, 0.3) is 6.08 Å². The topological polar surface area (TPSA) is 105 Å². The summed E-state index contributed by atoms with van der Waals surface area (Å²) in [4.78, 5) is 12.5. The number of rotatable bonds is 8. The van der Waals surface area contributed by atoms with Crippen LogP contribution in [0.15, 0.2) is 75.6 Å². The Hall–Kier alpha value is -3.68. The molecule has 3 aromatic carbocycles. The zero-order valence-corrected chi connectivity index (χ0v) is 21.1. The molecule has 0 saturated heterocycles. The maximum absolute atomic E-state index is 13.9. The van der Waals surface area contributed by atoms with Gasteiger partial charge in [-0.05, 0) is 77.8 Å². The summed E-state index contributed by atoms with van der Waals surface area (Å²) in [6.45, 7) is 3.73. The zero-order valence-electron chi connectivity index (χ0n) is 18.7. The fraction of sp³-hybridized carbons (Fsp3) is 0.120. The second-order valence-electron chi connectivity index (χ2n) is 7.22. The van der Waals surface area contributed by atoms with Crippen molar-refractivity contribution in [2.45, 2.75) is 18.7 Å². The van der Waals surface area contributed by atoms with Crippen LogP contribution < -0.4 is 14.2 Å². The molecule has 0 fully saturated rings. The Kier molecular flexibility index (Phi) is 8.27. The van der Waals surface area contributed by atoms with Crippen LogP contribution in [0.4, 0.5) is 10.1 Å². The van der Waals surface area contributed by atoms with Crippen molar-refractivity contribution in [2.75, 3.05) is 11.9 Å². The summed E-state index contributed by atoms with van der Waals surface area (Å²) >= 11 is 3.29. The fourth-order valence-corrected chi connectivity index (χ4v) is 4.55. The van der Waals surface area contributed by atoms with Gasteiger partial charge >= 0.3 is 10.1 Å². The van der Waals surface area contributed by atoms with Crippen LogP contribution in [0.1, 0.15) is 18.1 Å². The van der Waals surface area contributed by atoms with Crippen molar-refractivity contribution in [3.8, 4) is 17.6 Å². The smallest absolute Gasteiger partial charge is 0.339 e. The zero-order chi connectivity index (χ0) is 25.6. The summed E-state index contributed by atoms with van der Waals surface area (Å²) in [5, 5.41) is 11.8. The van der Waals surface area contributed by atoms with Crippen LogP contribution in [-0.2, 0) is 14.9 Å². The summed E-state index contributed by atoms with van der Waals surface area (Å²) in [5.74, 6) is -1.46. The van der Waals surface area contributed by atoms with Crippen molar-refractivity contribution in [1.82, 2.24) is 0 Å². The van der Waals surface area contributed by atoms with E-state index in [4.69, 9.17) is 8.92 Å². The Bertz CT molecular complexity index is 1430. The molecule has 0 saturated carbocycles. The lowest BCUT2D eigenvalue weighted by Crippen LogP contribution is -2.14. The number of benzene rings is 3. The second kappa shape index (κ2) is 11.2. The van der Waals surface area contributed by atoms with Crippen LogP contribution >= 0.6 is 15.9 Å². The highest BCUT2D eigenvalue weighted by Crippen LogP contribution is 2.39. The molecule has 3 aromatic rings. The van der Waals surface area contributed by atoms with E-state index in [1.54, 1.807) is 31.2 Å². The van der Waals surface area contributed by atoms with Gasteiger partial charge in [0.2, 0.25) is 0 Å². The maximum atomic E-state index is 13.9. The van der Waals surface area contributed by atoms with Crippen LogP contribution in [0.2, 0.25) is 0 Å². The largest absolute Gasteiger partial charge is 0.490 e. The molecule has 0 spiro atoms. The molecule has 0 radical (unpaired) electrons. The molecule has 0 atom stereocenters. The molecule has 3 rings (SSSR count). The predicted molar refractivity (Wildman–Crippen MR) is 133 cm³/mol. The van der Waals surface area contributed by atoms with Crippen molar-refractivity contribution in [3.05, 3.63) is 87.7 Å². The van der Waals surface area contributed by atoms with Gasteiger partial charge in [-0.15, -0.1) is 0 Å². The number of hydrogen-bond donors (Lipinski definition) is 1. The number of amides is 1. The standard InChI is InChI=1S/C25H20BrFN2O5S/c1-3-33-23-14-17(12-18(15-28)25(30)29-22-7-5-4-6-21(22)27)13-20(26)24(23)34-35(31,32)19-10-8-16(2)9-11-19/h4-14H,3H2,1-2H3,(H,29,30)/b18-12+. The first-order valence-electron chi connectivity index (χ1n) is 10.3. The number of carbonyl (C=O) groups excluding carboxylic acids is 1. The van der Waals surface area contributed by atoms with Gasteiger partial charge in [-0.3, -0.25) is 4.79 Å². The van der Waals surface area contributed by atoms with E-state index in [0.29, 0.717) is 5.56 Å². The molecule has 0 aromatic heterocycles. The molecule has 1 amide bonds. The number of nitrogens with one attached hydrogen (secondary N) is 1. The Morgan fingerprint density at radius 3 is 2.49 bits per heavy atom. The minimum atomic E-state index is -4.16. The van der Waals surface area contributed by atoms with Gasteiger partial charge in [-0.25, -0.2) is 4.39 Å². The molecule has 180 valence electrons. The lowest BCUT2D eigenvalue weighted by Gasteiger charge is -2.15. The van der Waals surface area contributed by atoms with Gasteiger partial charge in [0.05, 0.1) is 16.8 Å². The molecular formula is C25H20BrFN2O5S. The van der Waals surface area contributed by atoms with Gasteiger partial charge in [-0.1, -0.05) is 29.8 Å². The van der Waals surface area contributed by atoms with Gasteiger partial charge in [-0.2, -0.15) is 13.7 Å². The Morgan fingerprint density at radius 2 is 1.86 bits per heavy atom. The number of nitrogens with zero attached hydrogens (tertiary/aromatic N) is 1. The van der Waals surface area contributed by atoms with Crippen molar-refractivity contribution >= 4 is 43.7 Å². The predicted octanol–water partition coefficient (Wildman–Crippen LogP) is 5.61. The van der Waals surface area contributed by atoms with E-state index in [1.165, 1.54) is 48.5 Å². The first kappa shape index (κ1) is 25.9. The Morgan fingerprint density at radius 1 is 1.17 bits per heavy atom. The van der Waals surface area contributed by atoms with E-state index in [1.807, 2.05) is 6.92 Å². The quantitative estimate of drug-likeness (QED) is 0.219. The average molecular weight is 559 g/mol. The Balaban J connectivity index is 1.95. The first-order chi connectivity index (χ1) is 16.6. The van der Waals surface area contributed by atoms with Crippen LogP contribution in [-0.4, -0.2) is 20.9 Å². The fourth-order valence-electron chi connectivity index (χ4n) is 2.95. The number of para-hydroxylation sites is 1. The molecule has 0 aliphatic heterocycles. The summed E-state index contributed by atoms with van der Waals surface area (Å²) in [6, 6.07) is 16.4. The van der Waals surface area contributed by atoms with Crippen LogP contribution in [0, 0.1) is 24.1 Å². The van der Waals surface area contributed by atoms with Gasteiger partial charge in [0.25, 0.3) is 5.91 Å². The van der Waals surface area contributed by atoms with E-state index in [9.17, 15) is 22.9 Å². The van der Waals surface area contributed by atoms with Gasteiger partial charge in [0.1, 0.15) is 22.4 Å². The number of ether oxygens (including phenoxy) is 1. The first-order valence-corrected chi connectivity index (χ1v) is 12.5. The SMILES string of the molecule is CCOc1cc(/C=C(\C#N)C(=O)Nc2ccccc2F)cc(Br)c1OS(=O)(=O)c1ccc(C)cc1. The van der Waals surface area contributed by atoms with Gasteiger partial charge < -0.3 is 14.2 Å². The van der Waals surface area contributed by atoms with Crippen molar-refractivity contribution in [2.24, 2.45) is 0 Å². The van der Waals surface area contributed by atoms with E-state index >= 15 is 0 Å². The van der Waals surface area contributed by atoms with E-state index in [2.05, 4.69) is 21.2 Å². The second-order valence-corrected chi connectivity index (χ2v) is 9.62. The summed E-state index contributed by atoms with van der Waals surface area (Å²) in [5.41, 5.74) is 0.868. The number of carbonyl (C=O) groups is 1. The molecule has 0 heterocycles. The number of halogens is 2. The molecule has 0 unspecified atom stereocenters. The van der Waals surface area contributed by atoms with Gasteiger partial charge in [0.15, 0.2) is 11.5 Å². The molecule has 0 aliphatic carbocycles. The van der Waals surface area contributed by atoms with E-state index in [-0.39, 0.29) is 38.7 Å². The third-order valence-electron chi connectivity index (χ3n) is 4.63. The lowest BCUT2D eigenvalue weighted by molar-refractivity contribution is -0.112. The molecule has 1 N–H and O–H groups in total. The molecule has 10 heteroatoms. The van der Waals surface area contributed by atoms with Crippen molar-refractivity contribution < 1.29 is 26.5 Å². The average Bonchev–Trinajstić information content (AvgIpc) is 2.81. The molecular weight excluding hydrogens is 539 g/mol. The summed E-state index contributed by atoms with van der Waals surface area (Å²) in [7, 11) is -4.16. The highest BCUT2D eigenvalue weighted by atomic mass is 79.9. The molecule has 35 heavy (non-hydrogen) atoms. The molecule has 7 nitrogen and oxygen atoms in total. The third kappa shape index (κ3) is 6.47. The molecule has 0 bridgehead atoms. The summed E-state index contributed by atoms with van der Waals surface area (Å²) < 4.78 is 50.6. The normalized spacial score (nSPS) is 11.5. The highest BCUT2D eigenvalue weighted by molar-refractivity contribution is 9.10. The monoisotopic (exact) mass is 558 g/mol. The van der Waals surface area contributed by atoms with E-state index in [0.717, 1.165) is 5.56 Å². The summed E-state index contributed by atoms with van der Waals surface area (Å²) in [6.07, 6.45) is 1.27. The number of aryl methyl sites for hydroxylation is 1. The third-order valence-corrected chi connectivity index (χ3v) is 6.46. The van der Waals surface area contributed by atoms with Crippen molar-refractivity contribution in [1.29, 1.82) is 5.26 Å². The van der Waals surface area contributed by atoms with Crippen LogP contribution in [0.3, 0.4) is 0 Å². The number of nitriles is 1. The minimum absolute atomic E-state index is 0.0296.